The highest BCUT2D eigenvalue weighted by atomic mass is 19.3. The molecule has 9 heteroatoms. The van der Waals surface area contributed by atoms with Gasteiger partial charge in [-0.25, -0.2) is 13.2 Å². The third-order valence-corrected chi connectivity index (χ3v) is 8.37. The number of ether oxygens (including phenoxy) is 1. The predicted octanol–water partition coefficient (Wildman–Crippen LogP) is 6.05. The van der Waals surface area contributed by atoms with Crippen LogP contribution in [0.3, 0.4) is 0 Å². The molecule has 0 spiro atoms. The number of nitrogens with one attached hydrogen (secondary N) is 1. The van der Waals surface area contributed by atoms with Crippen molar-refractivity contribution in [3.8, 4) is 22.9 Å². The highest BCUT2D eigenvalue weighted by molar-refractivity contribution is 6.01. The second-order valence-electron chi connectivity index (χ2n) is 11.2. The van der Waals surface area contributed by atoms with Crippen molar-refractivity contribution in [2.75, 3.05) is 24.6 Å². The van der Waals surface area contributed by atoms with Crippen LogP contribution in [0.4, 0.5) is 19.0 Å². The second-order valence-corrected chi connectivity index (χ2v) is 11.2. The maximum absolute atomic E-state index is 16.4. The fourth-order valence-corrected chi connectivity index (χ4v) is 6.50. The van der Waals surface area contributed by atoms with Crippen LogP contribution in [0.25, 0.3) is 32.8 Å². The first-order valence-corrected chi connectivity index (χ1v) is 13.6. The number of piperazine rings is 1. The summed E-state index contributed by atoms with van der Waals surface area (Å²) in [7, 11) is 0. The summed E-state index contributed by atoms with van der Waals surface area (Å²) in [6.07, 6.45) is 2.15. The maximum Gasteiger partial charge on any atom is 0.319 e. The van der Waals surface area contributed by atoms with E-state index in [-0.39, 0.29) is 42.6 Å². The van der Waals surface area contributed by atoms with Crippen LogP contribution in [-0.2, 0) is 0 Å². The first kappa shape index (κ1) is 24.5. The Bertz CT molecular complexity index is 1570. The number of aromatic hydroxyl groups is 1. The van der Waals surface area contributed by atoms with E-state index in [0.717, 1.165) is 36.7 Å². The summed E-state index contributed by atoms with van der Waals surface area (Å²) in [6.45, 7) is 1.53. The molecule has 1 saturated carbocycles. The number of phenols is 1. The first-order chi connectivity index (χ1) is 18.8. The third-order valence-electron chi connectivity index (χ3n) is 8.37. The van der Waals surface area contributed by atoms with Gasteiger partial charge in [-0.2, -0.15) is 9.97 Å². The van der Waals surface area contributed by atoms with E-state index in [4.69, 9.17) is 9.72 Å². The number of hydrogen-bond acceptors (Lipinski definition) is 6. The Balaban J connectivity index is 1.33. The van der Waals surface area contributed by atoms with Gasteiger partial charge in [-0.15, -0.1) is 0 Å². The molecule has 2 saturated heterocycles. The standard InChI is InChI=1S/C30H29F3N4O2/c31-26-23(25-12-21(38)11-18-3-1-2-4-22(18)25)7-8-24-27(26)35-29(39-16-17-9-10-30(32,33)13-17)36-28(24)37-14-19-5-6-20(15-37)34-19/h1-4,7-8,11-12,17,19-20,34,38H,5-6,9-10,13-16H2. The number of hydrogen-bond donors (Lipinski definition) is 2. The Kier molecular flexibility index (Phi) is 5.80. The zero-order valence-corrected chi connectivity index (χ0v) is 21.3. The van der Waals surface area contributed by atoms with E-state index < -0.39 is 11.7 Å². The van der Waals surface area contributed by atoms with E-state index in [1.807, 2.05) is 30.3 Å². The van der Waals surface area contributed by atoms with Gasteiger partial charge in [-0.05, 0) is 59.7 Å². The number of benzene rings is 3. The lowest BCUT2D eigenvalue weighted by molar-refractivity contribution is 0.00273. The number of aromatic nitrogens is 2. The van der Waals surface area contributed by atoms with E-state index in [9.17, 15) is 13.9 Å². The van der Waals surface area contributed by atoms with E-state index in [1.165, 1.54) is 0 Å². The SMILES string of the molecule is Oc1cc(-c2ccc3c(N4CC5CCC(C4)N5)nc(OCC4CCC(F)(F)C4)nc3c2F)c2ccccc2c1. The molecule has 3 atom stereocenters. The Morgan fingerprint density at radius 2 is 1.77 bits per heavy atom. The molecule has 3 heterocycles. The van der Waals surface area contributed by atoms with Crippen molar-refractivity contribution >= 4 is 27.5 Å². The second kappa shape index (κ2) is 9.26. The Morgan fingerprint density at radius 1 is 0.974 bits per heavy atom. The van der Waals surface area contributed by atoms with Gasteiger partial charge in [0, 0.05) is 49.0 Å². The van der Waals surface area contributed by atoms with Gasteiger partial charge in [0.1, 0.15) is 17.1 Å². The average molecular weight is 535 g/mol. The summed E-state index contributed by atoms with van der Waals surface area (Å²) in [4.78, 5) is 11.3. The minimum Gasteiger partial charge on any atom is -0.508 e. The molecule has 4 aromatic rings. The molecule has 2 aliphatic heterocycles. The van der Waals surface area contributed by atoms with Gasteiger partial charge in [0.15, 0.2) is 5.82 Å². The number of phenolic OH excluding ortho intramolecular Hbond substituents is 1. The largest absolute Gasteiger partial charge is 0.508 e. The topological polar surface area (TPSA) is 70.5 Å². The molecular weight excluding hydrogens is 505 g/mol. The van der Waals surface area contributed by atoms with E-state index in [1.54, 1.807) is 18.2 Å². The van der Waals surface area contributed by atoms with Crippen molar-refractivity contribution in [3.63, 3.8) is 0 Å². The van der Waals surface area contributed by atoms with E-state index in [2.05, 4.69) is 15.2 Å². The Labute approximate surface area is 223 Å². The van der Waals surface area contributed by atoms with E-state index in [0.29, 0.717) is 40.8 Å². The summed E-state index contributed by atoms with van der Waals surface area (Å²) >= 11 is 0. The van der Waals surface area contributed by atoms with Crippen LogP contribution in [-0.4, -0.2) is 52.8 Å². The van der Waals surface area contributed by atoms with Gasteiger partial charge in [0.05, 0.1) is 6.61 Å². The lowest BCUT2D eigenvalue weighted by atomic mass is 9.96. The molecule has 1 aliphatic carbocycles. The molecule has 2 N–H and O–H groups in total. The molecule has 0 amide bonds. The van der Waals surface area contributed by atoms with Crippen LogP contribution >= 0.6 is 0 Å². The number of nitrogens with zero attached hydrogens (tertiary/aromatic N) is 3. The van der Waals surface area contributed by atoms with Gasteiger partial charge in [0.25, 0.3) is 0 Å². The van der Waals surface area contributed by atoms with Gasteiger partial charge >= 0.3 is 6.01 Å². The fourth-order valence-electron chi connectivity index (χ4n) is 6.50. The quantitative estimate of drug-likeness (QED) is 0.325. The van der Waals surface area contributed by atoms with Crippen LogP contribution < -0.4 is 15.0 Å². The van der Waals surface area contributed by atoms with Gasteiger partial charge in [-0.3, -0.25) is 0 Å². The normalized spacial score (nSPS) is 24.1. The molecule has 202 valence electrons. The van der Waals surface area contributed by atoms with Crippen LogP contribution in [0, 0.1) is 11.7 Å². The molecule has 3 aliphatic rings. The third kappa shape index (κ3) is 4.52. The Morgan fingerprint density at radius 3 is 2.54 bits per heavy atom. The molecule has 0 radical (unpaired) electrons. The lowest BCUT2D eigenvalue weighted by Gasteiger charge is -2.34. The van der Waals surface area contributed by atoms with Crippen molar-refractivity contribution in [1.82, 2.24) is 15.3 Å². The predicted molar refractivity (Wildman–Crippen MR) is 144 cm³/mol. The fraction of sp³-hybridized carbons (Fsp3) is 0.400. The number of alkyl halides is 2. The molecule has 2 bridgehead atoms. The summed E-state index contributed by atoms with van der Waals surface area (Å²) < 4.78 is 49.8. The summed E-state index contributed by atoms with van der Waals surface area (Å²) in [5, 5.41) is 16.1. The molecular formula is C30H29F3N4O2. The monoisotopic (exact) mass is 534 g/mol. The number of halogens is 3. The number of rotatable bonds is 5. The lowest BCUT2D eigenvalue weighted by Crippen LogP contribution is -2.51. The maximum atomic E-state index is 16.4. The molecule has 3 fully saturated rings. The van der Waals surface area contributed by atoms with Crippen LogP contribution in [0.15, 0.2) is 48.5 Å². The van der Waals surface area contributed by atoms with Crippen molar-refractivity contribution < 1.29 is 23.0 Å². The van der Waals surface area contributed by atoms with Crippen molar-refractivity contribution in [3.05, 3.63) is 54.3 Å². The van der Waals surface area contributed by atoms with Crippen LogP contribution in [0.5, 0.6) is 11.8 Å². The zero-order valence-electron chi connectivity index (χ0n) is 21.3. The molecule has 3 unspecified atom stereocenters. The van der Waals surface area contributed by atoms with E-state index >= 15 is 4.39 Å². The molecule has 39 heavy (non-hydrogen) atoms. The van der Waals surface area contributed by atoms with Crippen LogP contribution in [0.1, 0.15) is 32.1 Å². The molecule has 1 aromatic heterocycles. The average Bonchev–Trinajstić information content (AvgIpc) is 3.45. The minimum absolute atomic E-state index is 0.00425. The molecule has 6 nitrogen and oxygen atoms in total. The van der Waals surface area contributed by atoms with Gasteiger partial charge in [0.2, 0.25) is 5.92 Å². The van der Waals surface area contributed by atoms with Gasteiger partial charge < -0.3 is 20.1 Å². The summed E-state index contributed by atoms with van der Waals surface area (Å²) in [6, 6.07) is 14.9. The summed E-state index contributed by atoms with van der Waals surface area (Å²) in [5.41, 5.74) is 0.976. The van der Waals surface area contributed by atoms with Crippen molar-refractivity contribution in [2.24, 2.45) is 5.92 Å². The van der Waals surface area contributed by atoms with Crippen LogP contribution in [0.2, 0.25) is 0 Å². The smallest absolute Gasteiger partial charge is 0.319 e. The van der Waals surface area contributed by atoms with Crippen molar-refractivity contribution in [1.29, 1.82) is 0 Å². The number of fused-ring (bicyclic) bond motifs is 4. The highest BCUT2D eigenvalue weighted by Gasteiger charge is 2.40. The minimum atomic E-state index is -2.67. The van der Waals surface area contributed by atoms with Crippen molar-refractivity contribution in [2.45, 2.75) is 50.1 Å². The number of anilines is 1. The summed E-state index contributed by atoms with van der Waals surface area (Å²) in [5.74, 6) is -2.87. The zero-order chi connectivity index (χ0) is 26.7. The molecule has 7 rings (SSSR count). The molecule has 3 aromatic carbocycles. The highest BCUT2D eigenvalue weighted by Crippen LogP contribution is 2.41. The van der Waals surface area contributed by atoms with Gasteiger partial charge in [-0.1, -0.05) is 30.3 Å². The first-order valence-electron chi connectivity index (χ1n) is 13.6. The Hall–Kier alpha value is -3.59.